The van der Waals surface area contributed by atoms with Gasteiger partial charge in [0.2, 0.25) is 0 Å². The van der Waals surface area contributed by atoms with Crippen LogP contribution in [0.15, 0.2) is 461 Å². The monoisotopic (exact) mass is 1740 g/mol. The van der Waals surface area contributed by atoms with E-state index < -0.39 is 0 Å². The molecule has 18 aromatic carbocycles. The van der Waals surface area contributed by atoms with Gasteiger partial charge in [-0.25, -0.2) is 24.9 Å². The third kappa shape index (κ3) is 13.8. The Bertz CT molecular complexity index is 8140. The van der Waals surface area contributed by atoms with Crippen LogP contribution in [0.5, 0.6) is 0 Å². The summed E-state index contributed by atoms with van der Waals surface area (Å²) in [6.07, 6.45) is 0. The highest BCUT2D eigenvalue weighted by Gasteiger charge is 2.25. The summed E-state index contributed by atoms with van der Waals surface area (Å²) >= 11 is 5.57. The lowest BCUT2D eigenvalue weighted by Gasteiger charge is -2.12. The van der Waals surface area contributed by atoms with Gasteiger partial charge in [0.25, 0.3) is 0 Å². The Morgan fingerprint density at radius 1 is 0.144 bits per heavy atom. The Labute approximate surface area is 772 Å². The number of fused-ring (bicyclic) bond motifs is 18. The van der Waals surface area contributed by atoms with E-state index in [-0.39, 0.29) is 0 Å². The van der Waals surface area contributed by atoms with Crippen molar-refractivity contribution in [2.45, 2.75) is 0 Å². The quantitative estimate of drug-likeness (QED) is 0.122. The molecule has 0 aliphatic rings. The number of benzene rings is 18. The van der Waals surface area contributed by atoms with Crippen LogP contribution in [0.2, 0.25) is 0 Å². The van der Waals surface area contributed by atoms with Crippen LogP contribution in [0.25, 0.3) is 244 Å². The number of nitrogens with zero attached hydrogens (tertiary/aromatic N) is 8. The minimum Gasteiger partial charge on any atom is -0.309 e. The fourth-order valence-electron chi connectivity index (χ4n) is 19.4. The predicted octanol–water partition coefficient (Wildman–Crippen LogP) is 33.4. The first-order valence-corrected chi connectivity index (χ1v) is 46.9. The Morgan fingerprint density at radius 3 is 0.750 bits per heavy atom. The second-order valence-electron chi connectivity index (χ2n) is 33.2. The fourth-order valence-corrected chi connectivity index (χ4v) is 22.8. The molecule has 0 amide bonds. The average molecular weight is 1740 g/mol. The Hall–Kier alpha value is -16.7. The zero-order valence-corrected chi connectivity index (χ0v) is 73.6. The second-order valence-corrected chi connectivity index (χ2v) is 36.5. The van der Waals surface area contributed by atoms with Crippen molar-refractivity contribution >= 4 is 160 Å². The average Bonchev–Trinajstić information content (AvgIpc) is 1.58. The molecular weight excluding hydrogens is 1660 g/mol. The number of rotatable bonds is 12. The lowest BCUT2D eigenvalue weighted by Crippen LogP contribution is -1.96. The molecule has 9 heterocycles. The highest BCUT2D eigenvalue weighted by Crippen LogP contribution is 2.48. The van der Waals surface area contributed by atoms with E-state index in [1.807, 2.05) is 70.4 Å². The summed E-state index contributed by atoms with van der Waals surface area (Å²) < 4.78 is 15.1. The van der Waals surface area contributed by atoms with Gasteiger partial charge >= 0.3 is 0 Å². The van der Waals surface area contributed by atoms with Crippen LogP contribution in [0.4, 0.5) is 0 Å². The van der Waals surface area contributed by atoms with Gasteiger partial charge in [-0.05, 0) is 151 Å². The van der Waals surface area contributed by atoms with Crippen molar-refractivity contribution in [3.63, 3.8) is 0 Å². The summed E-state index contributed by atoms with van der Waals surface area (Å²) in [5.74, 6) is 1.44. The van der Waals surface area contributed by atoms with E-state index in [9.17, 15) is 0 Å². The topological polar surface area (TPSA) is 79.2 Å². The standard InChI is InChI=1S/C41H26N2S.2C40H25N3S/c1-3-12-27(13-4-1)30-25-34(28-14-5-2-6-15-28)42-35(26-30)29-22-23-37-33(24-29)31-16-7-9-18-36(31)43(37)38-19-11-21-40-41(38)32-17-8-10-20-39(32)44-40;1-3-12-26(13-4-1)32-25-33(42-40(41-32)27-14-5-2-6-15-27)28-22-23-35-31(24-28)29-16-7-9-18-34(29)43(35)36-19-11-21-38-39(36)30-17-8-10-20-37(30)44-38;1-3-12-26(13-4-1)32-25-33(27-14-5-2-6-15-27)42-40(41-32)28-22-23-35-31(24-28)29-16-7-9-18-34(29)43(35)36-19-11-21-38-39(36)30-17-8-10-20-37(30)44-38/h1-26H;2*1-25H. The van der Waals surface area contributed by atoms with Gasteiger partial charge in [0, 0.05) is 137 Å². The molecule has 0 saturated carbocycles. The van der Waals surface area contributed by atoms with Crippen LogP contribution in [0.1, 0.15) is 0 Å². The molecule has 0 bridgehead atoms. The SMILES string of the molecule is c1ccc(-c2cc(-c3ccc4c(c3)c3ccccc3n4-c3cccc4sc5ccccc5c34)nc(-c3ccccc3)n2)cc1.c1ccc(-c2cc(-c3ccccc3)nc(-c3ccc4c(c3)c3ccccc3n4-c3cccc4sc5ccccc5c34)c2)cc1.c1ccc(-c2cc(-c3ccccc3)nc(-c3ccc4c(c3)c3ccccc3n4-c3cccc4sc5ccccc5c34)n2)cc1. The zero-order chi connectivity index (χ0) is 87.1. The largest absolute Gasteiger partial charge is 0.309 e. The van der Waals surface area contributed by atoms with Crippen molar-refractivity contribution in [2.75, 3.05) is 0 Å². The Balaban J connectivity index is 0.000000106. The Morgan fingerprint density at radius 2 is 0.394 bits per heavy atom. The summed E-state index contributed by atoms with van der Waals surface area (Å²) in [7, 11) is 0. The lowest BCUT2D eigenvalue weighted by molar-refractivity contribution is 1.18. The molecule has 0 spiro atoms. The maximum absolute atomic E-state index is 5.21. The minimum atomic E-state index is 0.717. The van der Waals surface area contributed by atoms with Gasteiger partial charge in [-0.2, -0.15) is 0 Å². The molecule has 27 rings (SSSR count). The number of hydrogen-bond acceptors (Lipinski definition) is 8. The highest BCUT2D eigenvalue weighted by molar-refractivity contribution is 7.26. The maximum atomic E-state index is 5.21. The number of thiophene rings is 3. The summed E-state index contributed by atoms with van der Waals surface area (Å²) in [5, 5.41) is 15.1. The molecule has 0 saturated heterocycles. The first-order chi connectivity index (χ1) is 65.4. The number of aromatic nitrogens is 8. The summed E-state index contributed by atoms with van der Waals surface area (Å²) in [4.78, 5) is 25.5. The smallest absolute Gasteiger partial charge is 0.160 e. The van der Waals surface area contributed by atoms with Gasteiger partial charge in [-0.1, -0.05) is 322 Å². The molecule has 27 aromatic rings. The van der Waals surface area contributed by atoms with Crippen LogP contribution >= 0.6 is 34.0 Å². The van der Waals surface area contributed by atoms with E-state index in [0.717, 1.165) is 95.9 Å². The van der Waals surface area contributed by atoms with Crippen molar-refractivity contribution in [3.8, 4) is 119 Å². The van der Waals surface area contributed by atoms with Crippen molar-refractivity contribution in [1.29, 1.82) is 0 Å². The third-order valence-electron chi connectivity index (χ3n) is 25.4. The predicted molar refractivity (Wildman–Crippen MR) is 559 cm³/mol. The number of hydrogen-bond donors (Lipinski definition) is 0. The van der Waals surface area contributed by atoms with Gasteiger partial charge < -0.3 is 13.7 Å². The van der Waals surface area contributed by atoms with Gasteiger partial charge in [-0.3, -0.25) is 0 Å². The third-order valence-corrected chi connectivity index (χ3v) is 28.8. The maximum Gasteiger partial charge on any atom is 0.160 e. The molecule has 0 aliphatic heterocycles. The minimum absolute atomic E-state index is 0.717. The van der Waals surface area contributed by atoms with Crippen molar-refractivity contribution in [3.05, 3.63) is 461 Å². The van der Waals surface area contributed by atoms with E-state index in [1.54, 1.807) is 0 Å². The Kier molecular flexibility index (Phi) is 19.3. The molecule has 11 heteroatoms. The molecule has 0 radical (unpaired) electrons. The van der Waals surface area contributed by atoms with Gasteiger partial charge in [0.15, 0.2) is 11.6 Å². The van der Waals surface area contributed by atoms with Gasteiger partial charge in [-0.15, -0.1) is 34.0 Å². The van der Waals surface area contributed by atoms with Crippen molar-refractivity contribution in [1.82, 2.24) is 38.6 Å². The van der Waals surface area contributed by atoms with Gasteiger partial charge in [0.1, 0.15) is 0 Å². The molecule has 0 atom stereocenters. The summed E-state index contributed by atoms with van der Waals surface area (Å²) in [6, 6.07) is 164. The second kappa shape index (κ2) is 32.9. The van der Waals surface area contributed by atoms with Gasteiger partial charge in [0.05, 0.1) is 84.3 Å². The molecule has 132 heavy (non-hydrogen) atoms. The van der Waals surface area contributed by atoms with E-state index in [2.05, 4.69) is 438 Å². The summed E-state index contributed by atoms with van der Waals surface area (Å²) in [5.41, 5.74) is 27.2. The zero-order valence-electron chi connectivity index (χ0n) is 71.2. The number of pyridine rings is 1. The first kappa shape index (κ1) is 77.7. The van der Waals surface area contributed by atoms with Crippen molar-refractivity contribution < 1.29 is 0 Å². The lowest BCUT2D eigenvalue weighted by atomic mass is 9.99. The van der Waals surface area contributed by atoms with Crippen molar-refractivity contribution in [2.24, 2.45) is 0 Å². The molecule has 0 N–H and O–H groups in total. The molecule has 618 valence electrons. The van der Waals surface area contributed by atoms with Crippen LogP contribution in [0, 0.1) is 0 Å². The first-order valence-electron chi connectivity index (χ1n) is 44.4. The normalized spacial score (nSPS) is 11.6. The molecule has 0 fully saturated rings. The molecule has 0 aliphatic carbocycles. The fraction of sp³-hybridized carbons (Fsp3) is 0. The van der Waals surface area contributed by atoms with Crippen LogP contribution in [-0.2, 0) is 0 Å². The van der Waals surface area contributed by atoms with E-state index >= 15 is 0 Å². The highest BCUT2D eigenvalue weighted by atomic mass is 32.1. The number of para-hydroxylation sites is 3. The van der Waals surface area contributed by atoms with Crippen LogP contribution in [0.3, 0.4) is 0 Å². The van der Waals surface area contributed by atoms with Crippen LogP contribution in [-0.4, -0.2) is 38.6 Å². The molecule has 9 aromatic heterocycles. The summed E-state index contributed by atoms with van der Waals surface area (Å²) in [6.45, 7) is 0. The van der Waals surface area contributed by atoms with E-state index in [1.165, 1.54) is 149 Å². The molecular formula is C121H76N8S3. The molecule has 8 nitrogen and oxygen atoms in total. The van der Waals surface area contributed by atoms with E-state index in [0.29, 0.717) is 0 Å². The van der Waals surface area contributed by atoms with E-state index in [4.69, 9.17) is 24.9 Å². The molecule has 0 unspecified atom stereocenters. The van der Waals surface area contributed by atoms with Crippen LogP contribution < -0.4 is 0 Å².